The van der Waals surface area contributed by atoms with Gasteiger partial charge in [0.15, 0.2) is 5.82 Å². The Morgan fingerprint density at radius 3 is 1.45 bits per heavy atom. The average Bonchev–Trinajstić information content (AvgIpc) is 3.56. The third-order valence-corrected chi connectivity index (χ3v) is 9.71. The fourth-order valence-corrected chi connectivity index (χ4v) is 7.32. The first kappa shape index (κ1) is 27.5. The Hall–Kier alpha value is -6.58. The number of rotatable bonds is 4. The first-order valence-corrected chi connectivity index (χ1v) is 16.6. The van der Waals surface area contributed by atoms with E-state index < -0.39 is 0 Å². The average molecular weight is 625 g/mol. The van der Waals surface area contributed by atoms with Crippen molar-refractivity contribution in [3.8, 4) is 44.9 Å². The van der Waals surface area contributed by atoms with Crippen LogP contribution in [0.5, 0.6) is 0 Å². The van der Waals surface area contributed by atoms with Crippen molar-refractivity contribution in [1.29, 1.82) is 0 Å². The van der Waals surface area contributed by atoms with Gasteiger partial charge in [0.2, 0.25) is 5.71 Å². The van der Waals surface area contributed by atoms with Crippen LogP contribution >= 0.6 is 0 Å². The van der Waals surface area contributed by atoms with Gasteiger partial charge in [-0.3, -0.25) is 0 Å². The zero-order valence-electron chi connectivity index (χ0n) is 26.5. The number of benzene rings is 8. The van der Waals surface area contributed by atoms with Gasteiger partial charge in [-0.15, -0.1) is 0 Å². The Bertz CT molecular complexity index is 2820. The lowest BCUT2D eigenvalue weighted by molar-refractivity contribution is 0.653. The molecule has 0 spiro atoms. The summed E-state index contributed by atoms with van der Waals surface area (Å²) in [7, 11) is 0. The van der Waals surface area contributed by atoms with Gasteiger partial charge in [0.05, 0.1) is 11.1 Å². The number of hydrogen-bond acceptors (Lipinski definition) is 3. The Morgan fingerprint density at radius 1 is 0.327 bits per heavy atom. The molecule has 8 aromatic carbocycles. The molecule has 10 aromatic rings. The van der Waals surface area contributed by atoms with E-state index >= 15 is 0 Å². The van der Waals surface area contributed by atoms with Gasteiger partial charge in [0.1, 0.15) is 5.58 Å². The molecule has 0 atom stereocenters. The van der Waals surface area contributed by atoms with Crippen LogP contribution in [0.15, 0.2) is 174 Å². The third-order valence-electron chi connectivity index (χ3n) is 9.71. The first-order chi connectivity index (χ1) is 24.3. The largest absolute Gasteiger partial charge is 0.438 e. The number of aromatic nitrogens is 2. The predicted octanol–water partition coefficient (Wildman–Crippen LogP) is 12.5. The lowest BCUT2D eigenvalue weighted by Crippen LogP contribution is -1.94. The molecular weight excluding hydrogens is 597 g/mol. The van der Waals surface area contributed by atoms with E-state index in [-0.39, 0.29) is 0 Å². The van der Waals surface area contributed by atoms with Crippen LogP contribution in [0.4, 0.5) is 0 Å². The molecule has 0 unspecified atom stereocenters. The lowest BCUT2D eigenvalue weighted by Gasteiger charge is -2.12. The van der Waals surface area contributed by atoms with E-state index in [1.165, 1.54) is 37.9 Å². The molecule has 0 fully saturated rings. The molecule has 0 saturated carbocycles. The molecule has 0 bridgehead atoms. The summed E-state index contributed by atoms with van der Waals surface area (Å²) in [5.74, 6) is 0.635. The summed E-state index contributed by atoms with van der Waals surface area (Å²) in [4.78, 5) is 10.2. The summed E-state index contributed by atoms with van der Waals surface area (Å²) in [5, 5.41) is 9.58. The van der Waals surface area contributed by atoms with Gasteiger partial charge in [-0.1, -0.05) is 152 Å². The second kappa shape index (κ2) is 11.0. The summed E-state index contributed by atoms with van der Waals surface area (Å²) in [5.41, 5.74) is 8.81. The summed E-state index contributed by atoms with van der Waals surface area (Å²) in [6.45, 7) is 0. The minimum Gasteiger partial charge on any atom is -0.438 e. The molecule has 0 N–H and O–H groups in total. The predicted molar refractivity (Wildman–Crippen MR) is 204 cm³/mol. The minimum atomic E-state index is 0.585. The fourth-order valence-electron chi connectivity index (χ4n) is 7.32. The van der Waals surface area contributed by atoms with Crippen molar-refractivity contribution in [2.45, 2.75) is 0 Å². The molecule has 2 aromatic heterocycles. The van der Waals surface area contributed by atoms with Gasteiger partial charge in [-0.25, -0.2) is 4.98 Å². The monoisotopic (exact) mass is 624 g/mol. The van der Waals surface area contributed by atoms with Crippen LogP contribution in [0.25, 0.3) is 99.3 Å². The van der Waals surface area contributed by atoms with E-state index in [1.807, 2.05) is 30.3 Å². The number of furan rings is 1. The van der Waals surface area contributed by atoms with E-state index in [1.54, 1.807) is 0 Å². The van der Waals surface area contributed by atoms with E-state index in [2.05, 4.69) is 140 Å². The Kier molecular flexibility index (Phi) is 6.18. The van der Waals surface area contributed by atoms with Gasteiger partial charge >= 0.3 is 0 Å². The Balaban J connectivity index is 1.10. The highest BCUT2D eigenvalue weighted by Gasteiger charge is 2.19. The van der Waals surface area contributed by atoms with Crippen LogP contribution in [0.1, 0.15) is 0 Å². The van der Waals surface area contributed by atoms with Crippen molar-refractivity contribution in [1.82, 2.24) is 9.97 Å². The van der Waals surface area contributed by atoms with Crippen LogP contribution in [0.2, 0.25) is 0 Å². The van der Waals surface area contributed by atoms with Gasteiger partial charge in [0, 0.05) is 16.5 Å². The SMILES string of the molecule is c1ccc(-c2ccc3oc4nc(-c5ccc(-c6ccc7c8ccccc8c8ccccc8c7c6)cc5)nc(-c5ccccc5)c4c3c2)cc1. The number of hydrogen-bond donors (Lipinski definition) is 0. The summed E-state index contributed by atoms with van der Waals surface area (Å²) < 4.78 is 6.42. The molecule has 0 aliphatic carbocycles. The molecule has 2 heterocycles. The summed E-state index contributed by atoms with van der Waals surface area (Å²) in [6.07, 6.45) is 0. The van der Waals surface area contributed by atoms with Crippen LogP contribution < -0.4 is 0 Å². The van der Waals surface area contributed by atoms with Crippen LogP contribution in [-0.4, -0.2) is 9.97 Å². The maximum Gasteiger partial charge on any atom is 0.231 e. The zero-order valence-corrected chi connectivity index (χ0v) is 26.5. The van der Waals surface area contributed by atoms with Gasteiger partial charge in [-0.2, -0.15) is 4.98 Å². The van der Waals surface area contributed by atoms with Crippen molar-refractivity contribution in [2.24, 2.45) is 0 Å². The molecule has 3 heteroatoms. The summed E-state index contributed by atoms with van der Waals surface area (Å²) in [6, 6.07) is 59.9. The standard InChI is InChI=1S/C46H28N2O/c1-3-11-29(12-4-1)34-24-26-42-41(28-34)43-44(31-13-5-2-6-14-31)47-45(48-46(43)49-42)32-21-19-30(20-22-32)33-23-25-39-37-17-8-7-15-35(37)36-16-9-10-18-38(36)40(39)27-33/h1-28H. The van der Waals surface area contributed by atoms with Crippen LogP contribution in [-0.2, 0) is 0 Å². The van der Waals surface area contributed by atoms with Crippen molar-refractivity contribution >= 4 is 54.4 Å². The van der Waals surface area contributed by atoms with Gasteiger partial charge in [-0.05, 0) is 72.8 Å². The fraction of sp³-hybridized carbons (Fsp3) is 0. The summed E-state index contributed by atoms with van der Waals surface area (Å²) >= 11 is 0. The second-order valence-electron chi connectivity index (χ2n) is 12.5. The molecule has 10 rings (SSSR count). The quantitative estimate of drug-likeness (QED) is 0.183. The zero-order chi connectivity index (χ0) is 32.3. The maximum atomic E-state index is 6.42. The highest BCUT2D eigenvalue weighted by atomic mass is 16.3. The highest BCUT2D eigenvalue weighted by molar-refractivity contribution is 6.25. The highest BCUT2D eigenvalue weighted by Crippen LogP contribution is 2.40. The molecule has 0 radical (unpaired) electrons. The third kappa shape index (κ3) is 4.51. The maximum absolute atomic E-state index is 6.42. The first-order valence-electron chi connectivity index (χ1n) is 16.6. The van der Waals surface area contributed by atoms with Crippen molar-refractivity contribution in [3.63, 3.8) is 0 Å². The van der Waals surface area contributed by atoms with Gasteiger partial charge in [0.25, 0.3) is 0 Å². The van der Waals surface area contributed by atoms with Crippen LogP contribution in [0, 0.1) is 0 Å². The topological polar surface area (TPSA) is 38.9 Å². The van der Waals surface area contributed by atoms with Crippen molar-refractivity contribution in [2.75, 3.05) is 0 Å². The van der Waals surface area contributed by atoms with E-state index in [0.717, 1.165) is 49.9 Å². The minimum absolute atomic E-state index is 0.585. The van der Waals surface area contributed by atoms with Crippen molar-refractivity contribution in [3.05, 3.63) is 170 Å². The Labute approximate surface area is 282 Å². The Morgan fingerprint density at radius 2 is 0.796 bits per heavy atom. The van der Waals surface area contributed by atoms with E-state index in [0.29, 0.717) is 11.5 Å². The van der Waals surface area contributed by atoms with Crippen molar-refractivity contribution < 1.29 is 4.42 Å². The molecule has 3 nitrogen and oxygen atoms in total. The molecule has 0 amide bonds. The normalized spacial score (nSPS) is 11.7. The smallest absolute Gasteiger partial charge is 0.231 e. The molecular formula is C46H28N2O. The van der Waals surface area contributed by atoms with Gasteiger partial charge < -0.3 is 4.42 Å². The molecule has 0 aliphatic heterocycles. The molecule has 228 valence electrons. The van der Waals surface area contributed by atoms with Crippen LogP contribution in [0.3, 0.4) is 0 Å². The molecule has 49 heavy (non-hydrogen) atoms. The second-order valence-corrected chi connectivity index (χ2v) is 12.5. The number of nitrogens with zero attached hydrogens (tertiary/aromatic N) is 2. The molecule has 0 saturated heterocycles. The van der Waals surface area contributed by atoms with E-state index in [9.17, 15) is 0 Å². The molecule has 0 aliphatic rings. The van der Waals surface area contributed by atoms with E-state index in [4.69, 9.17) is 14.4 Å². The lowest BCUT2D eigenvalue weighted by atomic mass is 9.92. The number of fused-ring (bicyclic) bond motifs is 9.